The molecule has 1 aromatic rings. The van der Waals surface area contributed by atoms with Crippen molar-refractivity contribution in [2.24, 2.45) is 10.3 Å². The maximum Gasteiger partial charge on any atom is 0.130 e. The van der Waals surface area contributed by atoms with Gasteiger partial charge in [0.15, 0.2) is 0 Å². The number of hydrogen-bond acceptors (Lipinski definition) is 5. The minimum absolute atomic E-state index is 0.128. The van der Waals surface area contributed by atoms with Gasteiger partial charge in [0.25, 0.3) is 0 Å². The fourth-order valence-corrected chi connectivity index (χ4v) is 2.00. The summed E-state index contributed by atoms with van der Waals surface area (Å²) in [6.07, 6.45) is 0.128. The lowest BCUT2D eigenvalue weighted by Crippen LogP contribution is -2.45. The molecule has 0 fully saturated rings. The first kappa shape index (κ1) is 11.6. The van der Waals surface area contributed by atoms with Crippen molar-refractivity contribution < 1.29 is 0 Å². The molecule has 88 valence electrons. The maximum atomic E-state index is 8.76. The summed E-state index contributed by atoms with van der Waals surface area (Å²) >= 11 is 0. The number of likely N-dealkylation sites (N-methyl/N-ethyl adjacent to an activating group) is 1. The number of anilines is 1. The molecule has 0 bridgehead atoms. The molecule has 0 radical (unpaired) electrons. The number of rotatable bonds is 2. The number of nitriles is 1. The second kappa shape index (κ2) is 4.52. The Morgan fingerprint density at radius 1 is 1.29 bits per heavy atom. The molecule has 2 rings (SSSR count). The van der Waals surface area contributed by atoms with Gasteiger partial charge in [0.05, 0.1) is 17.3 Å². The van der Waals surface area contributed by atoms with Gasteiger partial charge in [0, 0.05) is 0 Å². The summed E-state index contributed by atoms with van der Waals surface area (Å²) < 4.78 is 0. The summed E-state index contributed by atoms with van der Waals surface area (Å²) in [4.78, 5) is 2.09. The first-order valence-corrected chi connectivity index (χ1v) is 5.50. The first-order valence-electron chi connectivity index (χ1n) is 5.50. The Bertz CT molecular complexity index is 457. The zero-order chi connectivity index (χ0) is 12.4. The van der Waals surface area contributed by atoms with Crippen LogP contribution in [0.15, 0.2) is 34.6 Å². The fourth-order valence-electron chi connectivity index (χ4n) is 2.00. The Labute approximate surface area is 101 Å². The molecule has 0 aromatic heterocycles. The van der Waals surface area contributed by atoms with E-state index in [0.29, 0.717) is 5.56 Å². The summed E-state index contributed by atoms with van der Waals surface area (Å²) in [5, 5.41) is 19.0. The van der Waals surface area contributed by atoms with Gasteiger partial charge in [-0.05, 0) is 45.3 Å². The Morgan fingerprint density at radius 3 is 2.47 bits per heavy atom. The third-order valence-electron chi connectivity index (χ3n) is 2.80. The zero-order valence-electron chi connectivity index (χ0n) is 10.2. The molecule has 5 heteroatoms. The van der Waals surface area contributed by atoms with Gasteiger partial charge in [-0.3, -0.25) is 4.90 Å². The van der Waals surface area contributed by atoms with Crippen LogP contribution in [0.25, 0.3) is 0 Å². The van der Waals surface area contributed by atoms with Gasteiger partial charge in [-0.2, -0.15) is 10.4 Å². The molecule has 0 aliphatic carbocycles. The predicted octanol–water partition coefficient (Wildman–Crippen LogP) is 2.02. The average Bonchev–Trinajstić information content (AvgIpc) is 2.71. The highest BCUT2D eigenvalue weighted by Crippen LogP contribution is 2.26. The molecular weight excluding hydrogens is 214 g/mol. The lowest BCUT2D eigenvalue weighted by atomic mass is 10.2. The minimum Gasteiger partial charge on any atom is -0.286 e. The monoisotopic (exact) mass is 229 g/mol. The normalized spacial score (nSPS) is 23.1. The Kier molecular flexibility index (Phi) is 3.07. The lowest BCUT2D eigenvalue weighted by molar-refractivity contribution is 0.277. The predicted molar refractivity (Wildman–Crippen MR) is 65.4 cm³/mol. The van der Waals surface area contributed by atoms with Gasteiger partial charge in [0.2, 0.25) is 0 Å². The average molecular weight is 229 g/mol. The van der Waals surface area contributed by atoms with Crippen LogP contribution in [-0.2, 0) is 0 Å². The standard InChI is InChI=1S/C12H15N5/c1-9-12(16(2)3)17(15-14-9)11-6-4-10(8-13)5-7-11/h4-7,9,12H,1-3H3. The van der Waals surface area contributed by atoms with Crippen LogP contribution in [0.1, 0.15) is 12.5 Å². The van der Waals surface area contributed by atoms with Crippen LogP contribution >= 0.6 is 0 Å². The molecule has 5 nitrogen and oxygen atoms in total. The van der Waals surface area contributed by atoms with Gasteiger partial charge in [0.1, 0.15) is 12.2 Å². The lowest BCUT2D eigenvalue weighted by Gasteiger charge is -2.29. The van der Waals surface area contributed by atoms with Crippen molar-refractivity contribution in [2.75, 3.05) is 19.1 Å². The van der Waals surface area contributed by atoms with Crippen LogP contribution in [0.4, 0.5) is 5.69 Å². The first-order chi connectivity index (χ1) is 8.13. The maximum absolute atomic E-state index is 8.76. The van der Waals surface area contributed by atoms with Gasteiger partial charge in [-0.1, -0.05) is 5.22 Å². The van der Waals surface area contributed by atoms with Crippen molar-refractivity contribution in [3.63, 3.8) is 0 Å². The highest BCUT2D eigenvalue weighted by Gasteiger charge is 2.32. The highest BCUT2D eigenvalue weighted by molar-refractivity contribution is 5.50. The molecule has 0 amide bonds. The summed E-state index contributed by atoms with van der Waals surface area (Å²) in [5.74, 6) is 0. The summed E-state index contributed by atoms with van der Waals surface area (Å²) in [7, 11) is 4.02. The SMILES string of the molecule is CC1N=NN(c2ccc(C#N)cc2)C1N(C)C. The van der Waals surface area contributed by atoms with Crippen molar-refractivity contribution in [3.05, 3.63) is 29.8 Å². The molecular formula is C12H15N5. The third kappa shape index (κ3) is 2.12. The van der Waals surface area contributed by atoms with Gasteiger partial charge < -0.3 is 0 Å². The van der Waals surface area contributed by atoms with E-state index in [9.17, 15) is 0 Å². The molecule has 0 spiro atoms. The second-order valence-corrected chi connectivity index (χ2v) is 4.33. The van der Waals surface area contributed by atoms with Gasteiger partial charge >= 0.3 is 0 Å². The van der Waals surface area contributed by atoms with E-state index in [2.05, 4.69) is 21.3 Å². The van der Waals surface area contributed by atoms with E-state index in [1.54, 1.807) is 12.1 Å². The van der Waals surface area contributed by atoms with Crippen molar-refractivity contribution in [1.82, 2.24) is 4.90 Å². The third-order valence-corrected chi connectivity index (χ3v) is 2.80. The highest BCUT2D eigenvalue weighted by atomic mass is 15.7. The Hall–Kier alpha value is -1.93. The van der Waals surface area contributed by atoms with Crippen molar-refractivity contribution >= 4 is 5.69 Å². The van der Waals surface area contributed by atoms with E-state index in [4.69, 9.17) is 5.26 Å². The summed E-state index contributed by atoms with van der Waals surface area (Å²) in [5.41, 5.74) is 1.61. The van der Waals surface area contributed by atoms with E-state index < -0.39 is 0 Å². The van der Waals surface area contributed by atoms with Crippen LogP contribution in [0.2, 0.25) is 0 Å². The molecule has 0 saturated heterocycles. The van der Waals surface area contributed by atoms with Crippen molar-refractivity contribution in [1.29, 1.82) is 5.26 Å². The topological polar surface area (TPSA) is 55.0 Å². The second-order valence-electron chi connectivity index (χ2n) is 4.33. The van der Waals surface area contributed by atoms with Crippen LogP contribution in [0, 0.1) is 11.3 Å². The Morgan fingerprint density at radius 2 is 1.94 bits per heavy atom. The molecule has 1 aliphatic heterocycles. The molecule has 2 atom stereocenters. The number of nitrogens with zero attached hydrogens (tertiary/aromatic N) is 5. The quantitative estimate of drug-likeness (QED) is 0.779. The smallest absolute Gasteiger partial charge is 0.130 e. The van der Waals surface area contributed by atoms with Crippen molar-refractivity contribution in [3.8, 4) is 6.07 Å². The van der Waals surface area contributed by atoms with E-state index >= 15 is 0 Å². The Balaban J connectivity index is 2.27. The van der Waals surface area contributed by atoms with Crippen LogP contribution in [0.3, 0.4) is 0 Å². The van der Waals surface area contributed by atoms with Crippen LogP contribution < -0.4 is 5.01 Å². The molecule has 1 heterocycles. The largest absolute Gasteiger partial charge is 0.286 e. The van der Waals surface area contributed by atoms with Crippen LogP contribution in [-0.4, -0.2) is 31.2 Å². The number of benzene rings is 1. The molecule has 0 saturated carbocycles. The van der Waals surface area contributed by atoms with Gasteiger partial charge in [-0.25, -0.2) is 5.01 Å². The van der Waals surface area contributed by atoms with E-state index in [1.807, 2.05) is 38.2 Å². The molecule has 2 unspecified atom stereocenters. The molecule has 1 aromatic carbocycles. The van der Waals surface area contributed by atoms with Gasteiger partial charge in [-0.15, -0.1) is 0 Å². The summed E-state index contributed by atoms with van der Waals surface area (Å²) in [6, 6.07) is 9.62. The fraction of sp³-hybridized carbons (Fsp3) is 0.417. The molecule has 1 aliphatic rings. The number of hydrogen-bond donors (Lipinski definition) is 0. The molecule has 0 N–H and O–H groups in total. The molecule has 17 heavy (non-hydrogen) atoms. The van der Waals surface area contributed by atoms with E-state index in [0.717, 1.165) is 5.69 Å². The van der Waals surface area contributed by atoms with E-state index in [-0.39, 0.29) is 12.2 Å². The minimum atomic E-state index is 0.128. The van der Waals surface area contributed by atoms with E-state index in [1.165, 1.54) is 0 Å². The zero-order valence-corrected chi connectivity index (χ0v) is 10.2. The van der Waals surface area contributed by atoms with Crippen molar-refractivity contribution in [2.45, 2.75) is 19.1 Å². The summed E-state index contributed by atoms with van der Waals surface area (Å²) in [6.45, 7) is 2.04. The van der Waals surface area contributed by atoms with Crippen LogP contribution in [0.5, 0.6) is 0 Å².